The van der Waals surface area contributed by atoms with Crippen LogP contribution < -0.4 is 10.2 Å². The monoisotopic (exact) mass is 372 g/mol. The summed E-state index contributed by atoms with van der Waals surface area (Å²) in [6, 6.07) is 27.5. The molecule has 0 spiro atoms. The van der Waals surface area contributed by atoms with Gasteiger partial charge in [0.15, 0.2) is 6.61 Å². The number of benzene rings is 3. The summed E-state index contributed by atoms with van der Waals surface area (Å²) in [4.78, 5) is 12.3. The van der Waals surface area contributed by atoms with E-state index in [4.69, 9.17) is 4.74 Å². The highest BCUT2D eigenvalue weighted by molar-refractivity contribution is 6.02. The Morgan fingerprint density at radius 2 is 1.50 bits per heavy atom. The Bertz CT molecular complexity index is 935. The minimum atomic E-state index is -0.294. The number of nitrogens with one attached hydrogen (secondary N) is 1. The minimum Gasteiger partial charge on any atom is -0.483 e. The zero-order chi connectivity index (χ0) is 19.8. The van der Waals surface area contributed by atoms with Gasteiger partial charge in [-0.25, -0.2) is 5.43 Å². The van der Waals surface area contributed by atoms with Crippen molar-refractivity contribution in [2.45, 2.75) is 13.8 Å². The van der Waals surface area contributed by atoms with Gasteiger partial charge in [0.05, 0.1) is 5.71 Å². The van der Waals surface area contributed by atoms with Gasteiger partial charge in [-0.15, -0.1) is 0 Å². The minimum absolute atomic E-state index is 0.104. The maximum absolute atomic E-state index is 12.3. The van der Waals surface area contributed by atoms with Gasteiger partial charge in [-0.05, 0) is 23.1 Å². The quantitative estimate of drug-likeness (QED) is 0.473. The van der Waals surface area contributed by atoms with Gasteiger partial charge in [0.25, 0.3) is 5.91 Å². The van der Waals surface area contributed by atoms with Crippen molar-refractivity contribution >= 4 is 11.6 Å². The van der Waals surface area contributed by atoms with Crippen molar-refractivity contribution in [2.75, 3.05) is 6.61 Å². The Morgan fingerprint density at radius 1 is 0.893 bits per heavy atom. The molecule has 0 heterocycles. The molecule has 0 radical (unpaired) electrons. The van der Waals surface area contributed by atoms with Crippen molar-refractivity contribution in [3.63, 3.8) is 0 Å². The summed E-state index contributed by atoms with van der Waals surface area (Å²) < 4.78 is 5.77. The summed E-state index contributed by atoms with van der Waals surface area (Å²) >= 11 is 0. The van der Waals surface area contributed by atoms with Crippen LogP contribution in [-0.2, 0) is 4.79 Å². The summed E-state index contributed by atoms with van der Waals surface area (Å²) in [5.41, 5.74) is 6.44. The first-order valence-electron chi connectivity index (χ1n) is 9.34. The van der Waals surface area contributed by atoms with Crippen molar-refractivity contribution in [1.29, 1.82) is 0 Å². The second kappa shape index (κ2) is 9.51. The SMILES string of the molecule is CC(C)/C(=N\NC(=O)COc1ccccc1-c1ccccc1)c1ccccc1. The smallest absolute Gasteiger partial charge is 0.277 e. The van der Waals surface area contributed by atoms with E-state index in [0.29, 0.717) is 5.75 Å². The summed E-state index contributed by atoms with van der Waals surface area (Å²) in [6.07, 6.45) is 0. The fourth-order valence-electron chi connectivity index (χ4n) is 2.88. The lowest BCUT2D eigenvalue weighted by molar-refractivity contribution is -0.123. The van der Waals surface area contributed by atoms with E-state index in [9.17, 15) is 4.79 Å². The molecule has 0 atom stereocenters. The van der Waals surface area contributed by atoms with Crippen LogP contribution in [0.1, 0.15) is 19.4 Å². The summed E-state index contributed by atoms with van der Waals surface area (Å²) in [6.45, 7) is 3.99. The second-order valence-electron chi connectivity index (χ2n) is 6.70. The highest BCUT2D eigenvalue weighted by Gasteiger charge is 2.11. The maximum atomic E-state index is 12.3. The summed E-state index contributed by atoms with van der Waals surface area (Å²) in [7, 11) is 0. The molecule has 1 amide bonds. The fraction of sp³-hybridized carbons (Fsp3) is 0.167. The van der Waals surface area contributed by atoms with E-state index in [1.165, 1.54) is 0 Å². The molecule has 0 aliphatic heterocycles. The van der Waals surface area contributed by atoms with Gasteiger partial charge in [0.1, 0.15) is 5.75 Å². The summed E-state index contributed by atoms with van der Waals surface area (Å²) in [5.74, 6) is 0.555. The summed E-state index contributed by atoms with van der Waals surface area (Å²) in [5, 5.41) is 4.32. The Morgan fingerprint density at radius 3 is 2.18 bits per heavy atom. The molecule has 1 N–H and O–H groups in total. The molecule has 3 aromatic rings. The highest BCUT2D eigenvalue weighted by atomic mass is 16.5. The number of hydrogen-bond acceptors (Lipinski definition) is 3. The van der Waals surface area contributed by atoms with Crippen molar-refractivity contribution in [1.82, 2.24) is 5.43 Å². The highest BCUT2D eigenvalue weighted by Crippen LogP contribution is 2.29. The molecule has 4 nitrogen and oxygen atoms in total. The molecule has 3 rings (SSSR count). The maximum Gasteiger partial charge on any atom is 0.277 e. The Labute approximate surface area is 165 Å². The van der Waals surface area contributed by atoms with E-state index in [1.807, 2.05) is 98.8 Å². The van der Waals surface area contributed by atoms with Crippen LogP contribution in [0.15, 0.2) is 90.0 Å². The predicted molar refractivity (Wildman–Crippen MR) is 113 cm³/mol. The van der Waals surface area contributed by atoms with Crippen LogP contribution in [-0.4, -0.2) is 18.2 Å². The average molecular weight is 372 g/mol. The molecule has 0 saturated heterocycles. The third-order valence-electron chi connectivity index (χ3n) is 4.25. The predicted octanol–water partition coefficient (Wildman–Crippen LogP) is 4.91. The van der Waals surface area contributed by atoms with Crippen LogP contribution in [0.25, 0.3) is 11.1 Å². The molecule has 0 aliphatic rings. The van der Waals surface area contributed by atoms with Crippen molar-refractivity contribution in [3.05, 3.63) is 90.5 Å². The molecular weight excluding hydrogens is 348 g/mol. The molecule has 0 aliphatic carbocycles. The number of carbonyl (C=O) groups is 1. The molecule has 0 bridgehead atoms. The number of ether oxygens (including phenoxy) is 1. The van der Waals surface area contributed by atoms with Gasteiger partial charge >= 0.3 is 0 Å². The topological polar surface area (TPSA) is 50.7 Å². The van der Waals surface area contributed by atoms with Crippen LogP contribution in [0.5, 0.6) is 5.75 Å². The van der Waals surface area contributed by atoms with Crippen LogP contribution in [0, 0.1) is 5.92 Å². The van der Waals surface area contributed by atoms with Gasteiger partial charge in [-0.2, -0.15) is 5.10 Å². The van der Waals surface area contributed by atoms with Gasteiger partial charge in [-0.3, -0.25) is 4.79 Å². The van der Waals surface area contributed by atoms with Gasteiger partial charge < -0.3 is 4.74 Å². The van der Waals surface area contributed by atoms with Crippen LogP contribution in [0.3, 0.4) is 0 Å². The van der Waals surface area contributed by atoms with E-state index >= 15 is 0 Å². The number of carbonyl (C=O) groups excluding carboxylic acids is 1. The molecule has 0 fully saturated rings. The Balaban J connectivity index is 1.67. The lowest BCUT2D eigenvalue weighted by atomic mass is 10.0. The van der Waals surface area contributed by atoms with Crippen LogP contribution in [0.2, 0.25) is 0 Å². The number of hydrazone groups is 1. The molecular formula is C24H24N2O2. The zero-order valence-electron chi connectivity index (χ0n) is 16.1. The normalized spacial score (nSPS) is 11.3. The number of hydrogen-bond donors (Lipinski definition) is 1. The average Bonchev–Trinajstić information content (AvgIpc) is 2.74. The van der Waals surface area contributed by atoms with Crippen molar-refractivity contribution in [3.8, 4) is 16.9 Å². The van der Waals surface area contributed by atoms with E-state index in [-0.39, 0.29) is 18.4 Å². The van der Waals surface area contributed by atoms with Crippen molar-refractivity contribution < 1.29 is 9.53 Å². The van der Waals surface area contributed by atoms with Gasteiger partial charge in [0, 0.05) is 5.56 Å². The molecule has 3 aromatic carbocycles. The number of para-hydroxylation sites is 1. The van der Waals surface area contributed by atoms with Gasteiger partial charge in [0.2, 0.25) is 0 Å². The molecule has 0 saturated carbocycles. The number of amides is 1. The molecule has 28 heavy (non-hydrogen) atoms. The molecule has 0 aromatic heterocycles. The Hall–Kier alpha value is -3.40. The van der Waals surface area contributed by atoms with E-state index in [2.05, 4.69) is 10.5 Å². The second-order valence-corrected chi connectivity index (χ2v) is 6.70. The lowest BCUT2D eigenvalue weighted by Crippen LogP contribution is -2.27. The first kappa shape index (κ1) is 19.4. The van der Waals surface area contributed by atoms with E-state index in [1.54, 1.807) is 0 Å². The molecule has 142 valence electrons. The number of rotatable bonds is 7. The van der Waals surface area contributed by atoms with Crippen molar-refractivity contribution in [2.24, 2.45) is 11.0 Å². The fourth-order valence-corrected chi connectivity index (χ4v) is 2.88. The number of nitrogens with zero attached hydrogens (tertiary/aromatic N) is 1. The van der Waals surface area contributed by atoms with E-state index in [0.717, 1.165) is 22.4 Å². The standard InChI is InChI=1S/C24H24N2O2/c1-18(2)24(20-13-7-4-8-14-20)26-25-23(27)17-28-22-16-10-9-15-21(22)19-11-5-3-6-12-19/h3-16,18H,17H2,1-2H3,(H,25,27)/b26-24+. The van der Waals surface area contributed by atoms with Crippen LogP contribution >= 0.6 is 0 Å². The van der Waals surface area contributed by atoms with Crippen LogP contribution in [0.4, 0.5) is 0 Å². The first-order valence-corrected chi connectivity index (χ1v) is 9.34. The third-order valence-corrected chi connectivity index (χ3v) is 4.25. The molecule has 4 heteroatoms. The largest absolute Gasteiger partial charge is 0.483 e. The first-order chi connectivity index (χ1) is 13.6. The van der Waals surface area contributed by atoms with E-state index < -0.39 is 0 Å². The zero-order valence-corrected chi connectivity index (χ0v) is 16.1. The molecule has 0 unspecified atom stereocenters. The van der Waals surface area contributed by atoms with Gasteiger partial charge in [-0.1, -0.05) is 92.7 Å². The third kappa shape index (κ3) is 5.07. The Kier molecular flexibility index (Phi) is 6.58. The lowest BCUT2D eigenvalue weighted by Gasteiger charge is -2.12.